The summed E-state index contributed by atoms with van der Waals surface area (Å²) in [5.41, 5.74) is 0.509. The van der Waals surface area contributed by atoms with Gasteiger partial charge in [0.25, 0.3) is 5.91 Å². The van der Waals surface area contributed by atoms with E-state index in [0.717, 1.165) is 12.5 Å². The third-order valence-electron chi connectivity index (χ3n) is 2.95. The number of amides is 1. The Bertz CT molecular complexity index is 332. The fourth-order valence-electron chi connectivity index (χ4n) is 1.72. The molecule has 1 amide bonds. The monoisotopic (exact) mass is 222 g/mol. The Morgan fingerprint density at radius 2 is 2.44 bits per heavy atom. The fraction of sp³-hybridized carbons (Fsp3) is 0.636. The zero-order valence-corrected chi connectivity index (χ0v) is 9.49. The number of carbonyl (C=O) groups is 1. The average molecular weight is 222 g/mol. The highest BCUT2D eigenvalue weighted by molar-refractivity contribution is 5.92. The number of aromatic amines is 1. The van der Waals surface area contributed by atoms with Gasteiger partial charge in [0.15, 0.2) is 0 Å². The van der Waals surface area contributed by atoms with E-state index >= 15 is 0 Å². The van der Waals surface area contributed by atoms with Gasteiger partial charge in [0.05, 0.1) is 0 Å². The predicted octanol–water partition coefficient (Wildman–Crippen LogP) is 0.528. The summed E-state index contributed by atoms with van der Waals surface area (Å²) in [6.45, 7) is 3.67. The van der Waals surface area contributed by atoms with E-state index in [1.165, 1.54) is 12.8 Å². The van der Waals surface area contributed by atoms with E-state index in [2.05, 4.69) is 27.8 Å². The van der Waals surface area contributed by atoms with Crippen molar-refractivity contribution in [3.63, 3.8) is 0 Å². The van der Waals surface area contributed by atoms with Gasteiger partial charge in [-0.2, -0.15) is 5.10 Å². The highest BCUT2D eigenvalue weighted by Gasteiger charge is 2.27. The second-order valence-electron chi connectivity index (χ2n) is 4.31. The molecule has 1 aliphatic carbocycles. The van der Waals surface area contributed by atoms with Crippen LogP contribution >= 0.6 is 0 Å². The number of nitrogens with zero attached hydrogens (tertiary/aromatic N) is 1. The molecule has 0 aromatic carbocycles. The highest BCUT2D eigenvalue weighted by atomic mass is 16.1. The van der Waals surface area contributed by atoms with E-state index in [1.54, 1.807) is 12.3 Å². The maximum absolute atomic E-state index is 11.5. The van der Waals surface area contributed by atoms with Crippen molar-refractivity contribution < 1.29 is 4.79 Å². The maximum Gasteiger partial charge on any atom is 0.269 e. The first-order valence-electron chi connectivity index (χ1n) is 5.78. The topological polar surface area (TPSA) is 69.8 Å². The first-order valence-corrected chi connectivity index (χ1v) is 5.78. The van der Waals surface area contributed by atoms with Gasteiger partial charge in [0.2, 0.25) is 0 Å². The molecular formula is C11H18N4O. The molecule has 1 heterocycles. The standard InChI is InChI=1S/C11H18N4O/c1-8(9-2-3-9)12-6-7-13-11(16)10-4-5-14-15-10/h4-5,8-9,12H,2-3,6-7H2,1H3,(H,13,16)(H,14,15). The molecule has 2 rings (SSSR count). The highest BCUT2D eigenvalue weighted by Crippen LogP contribution is 2.32. The Morgan fingerprint density at radius 3 is 3.06 bits per heavy atom. The Hall–Kier alpha value is -1.36. The maximum atomic E-state index is 11.5. The lowest BCUT2D eigenvalue weighted by molar-refractivity contribution is 0.0948. The van der Waals surface area contributed by atoms with E-state index in [-0.39, 0.29) is 5.91 Å². The van der Waals surface area contributed by atoms with E-state index < -0.39 is 0 Å². The van der Waals surface area contributed by atoms with Gasteiger partial charge < -0.3 is 10.6 Å². The molecule has 5 nitrogen and oxygen atoms in total. The first kappa shape index (κ1) is 11.1. The van der Waals surface area contributed by atoms with Crippen molar-refractivity contribution >= 4 is 5.91 Å². The van der Waals surface area contributed by atoms with Crippen molar-refractivity contribution in [3.8, 4) is 0 Å². The van der Waals surface area contributed by atoms with Gasteiger partial charge >= 0.3 is 0 Å². The van der Waals surface area contributed by atoms with Crippen LogP contribution in [0, 0.1) is 5.92 Å². The predicted molar refractivity (Wildman–Crippen MR) is 61.1 cm³/mol. The summed E-state index contributed by atoms with van der Waals surface area (Å²) in [7, 11) is 0. The number of carbonyl (C=O) groups excluding carboxylic acids is 1. The van der Waals surface area contributed by atoms with Crippen LogP contribution in [0.2, 0.25) is 0 Å². The Kier molecular flexibility index (Phi) is 3.56. The van der Waals surface area contributed by atoms with Crippen molar-refractivity contribution in [2.75, 3.05) is 13.1 Å². The van der Waals surface area contributed by atoms with Crippen LogP contribution in [-0.2, 0) is 0 Å². The summed E-state index contributed by atoms with van der Waals surface area (Å²) in [6, 6.07) is 2.24. The van der Waals surface area contributed by atoms with Crippen molar-refractivity contribution in [1.29, 1.82) is 0 Å². The van der Waals surface area contributed by atoms with E-state index in [0.29, 0.717) is 18.3 Å². The molecular weight excluding hydrogens is 204 g/mol. The summed E-state index contributed by atoms with van der Waals surface area (Å²) in [5.74, 6) is 0.752. The summed E-state index contributed by atoms with van der Waals surface area (Å²) < 4.78 is 0. The second-order valence-corrected chi connectivity index (χ2v) is 4.31. The number of aromatic nitrogens is 2. The molecule has 5 heteroatoms. The van der Waals surface area contributed by atoms with Crippen molar-refractivity contribution in [2.24, 2.45) is 5.92 Å². The minimum absolute atomic E-state index is 0.0987. The van der Waals surface area contributed by atoms with Crippen LogP contribution in [0.3, 0.4) is 0 Å². The molecule has 1 aromatic rings. The molecule has 0 spiro atoms. The van der Waals surface area contributed by atoms with Crippen LogP contribution in [0.15, 0.2) is 12.3 Å². The van der Waals surface area contributed by atoms with Crippen LogP contribution in [0.25, 0.3) is 0 Å². The third-order valence-corrected chi connectivity index (χ3v) is 2.95. The molecule has 3 N–H and O–H groups in total. The lowest BCUT2D eigenvalue weighted by atomic mass is 10.2. The van der Waals surface area contributed by atoms with Crippen LogP contribution in [0.4, 0.5) is 0 Å². The summed E-state index contributed by atoms with van der Waals surface area (Å²) in [6.07, 6.45) is 4.26. The SMILES string of the molecule is CC(NCCNC(=O)c1ccn[nH]1)C1CC1. The number of hydrogen-bond acceptors (Lipinski definition) is 3. The third kappa shape index (κ3) is 3.06. The molecule has 1 saturated carbocycles. The van der Waals surface area contributed by atoms with Gasteiger partial charge in [-0.1, -0.05) is 0 Å². The lowest BCUT2D eigenvalue weighted by Crippen LogP contribution is -2.36. The minimum Gasteiger partial charge on any atom is -0.349 e. The molecule has 1 aliphatic rings. The number of hydrogen-bond donors (Lipinski definition) is 3. The number of nitrogens with one attached hydrogen (secondary N) is 3. The zero-order valence-electron chi connectivity index (χ0n) is 9.49. The Balaban J connectivity index is 1.59. The van der Waals surface area contributed by atoms with Crippen molar-refractivity contribution in [2.45, 2.75) is 25.8 Å². The zero-order chi connectivity index (χ0) is 11.4. The minimum atomic E-state index is -0.0987. The molecule has 1 fully saturated rings. The largest absolute Gasteiger partial charge is 0.349 e. The van der Waals surface area contributed by atoms with Gasteiger partial charge in [0, 0.05) is 25.3 Å². The average Bonchev–Trinajstić information content (AvgIpc) is 2.99. The molecule has 16 heavy (non-hydrogen) atoms. The molecule has 1 aromatic heterocycles. The van der Waals surface area contributed by atoms with Gasteiger partial charge in [-0.3, -0.25) is 9.89 Å². The molecule has 88 valence electrons. The van der Waals surface area contributed by atoms with Crippen LogP contribution in [0.5, 0.6) is 0 Å². The van der Waals surface area contributed by atoms with Gasteiger partial charge in [-0.05, 0) is 31.7 Å². The van der Waals surface area contributed by atoms with Crippen LogP contribution in [0.1, 0.15) is 30.3 Å². The molecule has 0 bridgehead atoms. The normalized spacial score (nSPS) is 17.1. The number of H-pyrrole nitrogens is 1. The van der Waals surface area contributed by atoms with E-state index in [1.807, 2.05) is 0 Å². The molecule has 0 radical (unpaired) electrons. The molecule has 0 aliphatic heterocycles. The van der Waals surface area contributed by atoms with E-state index in [9.17, 15) is 4.79 Å². The van der Waals surface area contributed by atoms with Crippen molar-refractivity contribution in [1.82, 2.24) is 20.8 Å². The molecule has 0 saturated heterocycles. The van der Waals surface area contributed by atoms with Gasteiger partial charge in [-0.15, -0.1) is 0 Å². The smallest absolute Gasteiger partial charge is 0.269 e. The van der Waals surface area contributed by atoms with Crippen LogP contribution in [-0.4, -0.2) is 35.2 Å². The lowest BCUT2D eigenvalue weighted by Gasteiger charge is -2.12. The van der Waals surface area contributed by atoms with Crippen molar-refractivity contribution in [3.05, 3.63) is 18.0 Å². The summed E-state index contributed by atoms with van der Waals surface area (Å²) in [5, 5.41) is 12.6. The van der Waals surface area contributed by atoms with E-state index in [4.69, 9.17) is 0 Å². The fourth-order valence-corrected chi connectivity index (χ4v) is 1.72. The Labute approximate surface area is 95.0 Å². The second kappa shape index (κ2) is 5.12. The number of rotatable bonds is 6. The Morgan fingerprint density at radius 1 is 1.62 bits per heavy atom. The molecule has 1 unspecified atom stereocenters. The molecule has 1 atom stereocenters. The quantitative estimate of drug-likeness (QED) is 0.615. The first-order chi connectivity index (χ1) is 7.77. The van der Waals surface area contributed by atoms with Gasteiger partial charge in [-0.25, -0.2) is 0 Å². The van der Waals surface area contributed by atoms with Crippen LogP contribution < -0.4 is 10.6 Å². The van der Waals surface area contributed by atoms with Gasteiger partial charge in [0.1, 0.15) is 5.69 Å². The summed E-state index contributed by atoms with van der Waals surface area (Å²) in [4.78, 5) is 11.5. The summed E-state index contributed by atoms with van der Waals surface area (Å²) >= 11 is 0.